The van der Waals surface area contributed by atoms with E-state index in [0.29, 0.717) is 12.8 Å². The van der Waals surface area contributed by atoms with E-state index in [1.165, 1.54) is 11.8 Å². The fourth-order valence-electron chi connectivity index (χ4n) is 3.30. The van der Waals surface area contributed by atoms with Crippen LogP contribution in [0.4, 0.5) is 18.9 Å². The molecule has 0 aromatic heterocycles. The minimum Gasteiger partial charge on any atom is -0.353 e. The Labute approximate surface area is 147 Å². The first-order chi connectivity index (χ1) is 11.8. The van der Waals surface area contributed by atoms with Gasteiger partial charge in [-0.1, -0.05) is 18.6 Å². The smallest absolute Gasteiger partial charge is 0.353 e. The van der Waals surface area contributed by atoms with E-state index in [-0.39, 0.29) is 31.1 Å². The number of anilines is 1. The predicted octanol–water partition coefficient (Wildman–Crippen LogP) is 3.73. The Hall–Kier alpha value is -1.70. The Morgan fingerprint density at radius 2 is 2.04 bits per heavy atom. The van der Waals surface area contributed by atoms with Gasteiger partial charge in [0.1, 0.15) is 0 Å². The molecule has 2 amide bonds. The van der Waals surface area contributed by atoms with Crippen LogP contribution in [0.3, 0.4) is 0 Å². The highest BCUT2D eigenvalue weighted by atomic mass is 32.2. The number of carbonyl (C=O) groups excluding carboxylic acids is 2. The lowest BCUT2D eigenvalue weighted by Crippen LogP contribution is -2.43. The van der Waals surface area contributed by atoms with Crippen LogP contribution in [-0.4, -0.2) is 29.3 Å². The number of halogens is 3. The molecule has 8 heteroatoms. The molecule has 3 atom stereocenters. The molecule has 2 N–H and O–H groups in total. The summed E-state index contributed by atoms with van der Waals surface area (Å²) in [5, 5.41) is 4.87. The second-order valence-electron chi connectivity index (χ2n) is 6.47. The van der Waals surface area contributed by atoms with E-state index >= 15 is 0 Å². The Bertz CT molecular complexity index is 666. The van der Waals surface area contributed by atoms with Crippen LogP contribution in [0.2, 0.25) is 0 Å². The number of thioether (sulfide) groups is 1. The van der Waals surface area contributed by atoms with Gasteiger partial charge in [0.05, 0.1) is 16.9 Å². The van der Waals surface area contributed by atoms with Gasteiger partial charge in [0.25, 0.3) is 0 Å². The number of alkyl halides is 3. The van der Waals surface area contributed by atoms with Crippen LogP contribution in [-0.2, 0) is 9.59 Å². The van der Waals surface area contributed by atoms with E-state index in [1.54, 1.807) is 6.07 Å². The van der Waals surface area contributed by atoms with Crippen molar-refractivity contribution >= 4 is 29.3 Å². The van der Waals surface area contributed by atoms with Gasteiger partial charge < -0.3 is 10.6 Å². The van der Waals surface area contributed by atoms with Crippen molar-refractivity contribution in [3.05, 3.63) is 24.3 Å². The summed E-state index contributed by atoms with van der Waals surface area (Å²) in [5.41, 5.74) is 0.717. The molecular formula is C17H19F3N2O2S. The summed E-state index contributed by atoms with van der Waals surface area (Å²) in [7, 11) is 0. The highest BCUT2D eigenvalue weighted by Crippen LogP contribution is 2.38. The normalized spacial score (nSPS) is 26.5. The first kappa shape index (κ1) is 18.1. The summed E-state index contributed by atoms with van der Waals surface area (Å²) in [5.74, 6) is -1.98. The van der Waals surface area contributed by atoms with Crippen molar-refractivity contribution in [1.82, 2.24) is 5.32 Å². The molecule has 1 aromatic carbocycles. The third-order valence-corrected chi connectivity index (χ3v) is 5.85. The van der Waals surface area contributed by atoms with Crippen molar-refractivity contribution in [3.63, 3.8) is 0 Å². The SMILES string of the molecule is O=C(CC1Sc2ccccc2NC1=O)NC1CCCC(C(F)(F)F)C1. The zero-order valence-corrected chi connectivity index (χ0v) is 14.3. The van der Waals surface area contributed by atoms with Gasteiger partial charge in [0.2, 0.25) is 11.8 Å². The quantitative estimate of drug-likeness (QED) is 0.850. The van der Waals surface area contributed by atoms with E-state index in [2.05, 4.69) is 10.6 Å². The molecule has 136 valence electrons. The number of amides is 2. The van der Waals surface area contributed by atoms with E-state index in [9.17, 15) is 22.8 Å². The van der Waals surface area contributed by atoms with Crippen molar-refractivity contribution < 1.29 is 22.8 Å². The fraction of sp³-hybridized carbons (Fsp3) is 0.529. The van der Waals surface area contributed by atoms with Gasteiger partial charge in [0.15, 0.2) is 0 Å². The lowest BCUT2D eigenvalue weighted by Gasteiger charge is -2.31. The van der Waals surface area contributed by atoms with Crippen molar-refractivity contribution in [1.29, 1.82) is 0 Å². The Balaban J connectivity index is 1.55. The molecule has 1 aliphatic heterocycles. The largest absolute Gasteiger partial charge is 0.391 e. The van der Waals surface area contributed by atoms with E-state index in [4.69, 9.17) is 0 Å². The number of hydrogen-bond donors (Lipinski definition) is 2. The zero-order valence-electron chi connectivity index (χ0n) is 13.4. The molecule has 25 heavy (non-hydrogen) atoms. The molecular weight excluding hydrogens is 353 g/mol. The van der Waals surface area contributed by atoms with Crippen LogP contribution < -0.4 is 10.6 Å². The van der Waals surface area contributed by atoms with Gasteiger partial charge in [-0.15, -0.1) is 11.8 Å². The molecule has 1 saturated carbocycles. The lowest BCUT2D eigenvalue weighted by atomic mass is 9.85. The average Bonchev–Trinajstić information content (AvgIpc) is 2.55. The fourth-order valence-corrected chi connectivity index (χ4v) is 4.41. The Kier molecular flexibility index (Phi) is 5.27. The predicted molar refractivity (Wildman–Crippen MR) is 89.3 cm³/mol. The molecule has 4 nitrogen and oxygen atoms in total. The molecule has 0 spiro atoms. The minimum absolute atomic E-state index is 0.0436. The van der Waals surface area contributed by atoms with Gasteiger partial charge in [-0.3, -0.25) is 9.59 Å². The van der Waals surface area contributed by atoms with Crippen LogP contribution in [0.25, 0.3) is 0 Å². The van der Waals surface area contributed by atoms with E-state index in [1.807, 2.05) is 18.2 Å². The number of fused-ring (bicyclic) bond motifs is 1. The number of hydrogen-bond acceptors (Lipinski definition) is 3. The molecule has 1 aromatic rings. The minimum atomic E-state index is -4.22. The van der Waals surface area contributed by atoms with Crippen molar-refractivity contribution in [2.45, 2.75) is 54.5 Å². The van der Waals surface area contributed by atoms with Crippen LogP contribution in [0.5, 0.6) is 0 Å². The van der Waals surface area contributed by atoms with Gasteiger partial charge in [-0.05, 0) is 31.4 Å². The molecule has 0 saturated heterocycles. The third kappa shape index (κ3) is 4.48. The Morgan fingerprint density at radius 3 is 2.80 bits per heavy atom. The van der Waals surface area contributed by atoms with Crippen molar-refractivity contribution in [2.75, 3.05) is 5.32 Å². The maximum atomic E-state index is 12.8. The summed E-state index contributed by atoms with van der Waals surface area (Å²) in [6.45, 7) is 0. The Morgan fingerprint density at radius 1 is 1.28 bits per heavy atom. The highest BCUT2D eigenvalue weighted by molar-refractivity contribution is 8.01. The topological polar surface area (TPSA) is 58.2 Å². The number of para-hydroxylation sites is 1. The zero-order chi connectivity index (χ0) is 18.0. The first-order valence-corrected chi connectivity index (χ1v) is 9.13. The number of benzene rings is 1. The van der Waals surface area contributed by atoms with Crippen molar-refractivity contribution in [3.8, 4) is 0 Å². The summed E-state index contributed by atoms with van der Waals surface area (Å²) in [6.07, 6.45) is -3.23. The third-order valence-electron chi connectivity index (χ3n) is 4.58. The molecule has 3 rings (SSSR count). The molecule has 3 unspecified atom stereocenters. The maximum absolute atomic E-state index is 12.8. The molecule has 0 bridgehead atoms. The first-order valence-electron chi connectivity index (χ1n) is 8.25. The van der Waals surface area contributed by atoms with Crippen LogP contribution in [0.1, 0.15) is 32.1 Å². The molecule has 1 fully saturated rings. The van der Waals surface area contributed by atoms with Gasteiger partial charge in [-0.25, -0.2) is 0 Å². The van der Waals surface area contributed by atoms with E-state index < -0.39 is 23.4 Å². The second-order valence-corrected chi connectivity index (χ2v) is 7.71. The van der Waals surface area contributed by atoms with Gasteiger partial charge in [-0.2, -0.15) is 13.2 Å². The van der Waals surface area contributed by atoms with Crippen LogP contribution in [0.15, 0.2) is 29.2 Å². The number of nitrogens with one attached hydrogen (secondary N) is 2. The van der Waals surface area contributed by atoms with Gasteiger partial charge >= 0.3 is 6.18 Å². The summed E-state index contributed by atoms with van der Waals surface area (Å²) < 4.78 is 38.5. The summed E-state index contributed by atoms with van der Waals surface area (Å²) in [6, 6.07) is 6.83. The molecule has 2 aliphatic rings. The molecule has 1 aliphatic carbocycles. The molecule has 0 radical (unpaired) electrons. The summed E-state index contributed by atoms with van der Waals surface area (Å²) in [4.78, 5) is 25.2. The van der Waals surface area contributed by atoms with Crippen LogP contribution >= 0.6 is 11.8 Å². The summed E-state index contributed by atoms with van der Waals surface area (Å²) >= 11 is 1.31. The number of carbonyl (C=O) groups is 2. The van der Waals surface area contributed by atoms with Gasteiger partial charge in [0, 0.05) is 17.4 Å². The monoisotopic (exact) mass is 372 g/mol. The highest BCUT2D eigenvalue weighted by Gasteiger charge is 2.42. The average molecular weight is 372 g/mol. The lowest BCUT2D eigenvalue weighted by molar-refractivity contribution is -0.184. The molecule has 1 heterocycles. The second kappa shape index (κ2) is 7.27. The standard InChI is InChI=1S/C17H19F3N2O2S/c18-17(19,20)10-4-3-5-11(8-10)21-15(23)9-14-16(24)22-12-6-1-2-7-13(12)25-14/h1-2,6-7,10-11,14H,3-5,8-9H2,(H,21,23)(H,22,24). The van der Waals surface area contributed by atoms with E-state index in [0.717, 1.165) is 10.6 Å². The van der Waals surface area contributed by atoms with Crippen LogP contribution in [0, 0.1) is 5.92 Å². The maximum Gasteiger partial charge on any atom is 0.391 e. The number of rotatable bonds is 3. The van der Waals surface area contributed by atoms with Crippen molar-refractivity contribution in [2.24, 2.45) is 5.92 Å².